The van der Waals surface area contributed by atoms with Crippen LogP contribution in [0.25, 0.3) is 11.5 Å². The van der Waals surface area contributed by atoms with Gasteiger partial charge in [0.25, 0.3) is 0 Å². The van der Waals surface area contributed by atoms with Crippen molar-refractivity contribution in [2.24, 2.45) is 5.73 Å². The quantitative estimate of drug-likeness (QED) is 0.890. The summed E-state index contributed by atoms with van der Waals surface area (Å²) in [5, 5.41) is 7.86. The number of ether oxygens (including phenoxy) is 1. The third kappa shape index (κ3) is 2.23. The predicted octanol–water partition coefficient (Wildman–Crippen LogP) is 0.809. The zero-order valence-corrected chi connectivity index (χ0v) is 10.9. The molecule has 1 atom stereocenters. The van der Waals surface area contributed by atoms with Gasteiger partial charge >= 0.3 is 6.01 Å². The molecule has 0 spiro atoms. The van der Waals surface area contributed by atoms with Crippen LogP contribution in [0.1, 0.15) is 6.42 Å². The van der Waals surface area contributed by atoms with Gasteiger partial charge in [-0.25, -0.2) is 0 Å². The Bertz CT molecular complexity index is 623. The van der Waals surface area contributed by atoms with Gasteiger partial charge in [0.2, 0.25) is 11.8 Å². The average molecular weight is 274 g/mol. The largest absolute Gasteiger partial charge is 0.497 e. The number of nitrogens with two attached hydrogens (primary N) is 1. The van der Waals surface area contributed by atoms with Crippen LogP contribution in [0.3, 0.4) is 0 Å². The zero-order valence-electron chi connectivity index (χ0n) is 10.9. The minimum atomic E-state index is -0.182. The number of rotatable bonds is 3. The van der Waals surface area contributed by atoms with Crippen molar-refractivity contribution in [1.82, 2.24) is 10.2 Å². The van der Waals surface area contributed by atoms with E-state index in [4.69, 9.17) is 14.9 Å². The Kier molecular flexibility index (Phi) is 3.11. The molecule has 1 unspecified atom stereocenters. The SMILES string of the molecule is COc1ccc(-c2nnc(N3CC(N)CC3=O)o2)cc1. The summed E-state index contributed by atoms with van der Waals surface area (Å²) in [6, 6.07) is 7.24. The van der Waals surface area contributed by atoms with Crippen molar-refractivity contribution in [2.75, 3.05) is 18.6 Å². The molecule has 0 radical (unpaired) electrons. The Balaban J connectivity index is 1.84. The van der Waals surface area contributed by atoms with E-state index in [2.05, 4.69) is 10.2 Å². The maximum absolute atomic E-state index is 11.7. The number of benzene rings is 1. The molecule has 2 N–H and O–H groups in total. The standard InChI is InChI=1S/C13H14N4O3/c1-19-10-4-2-8(3-5-10)12-15-16-13(20-12)17-7-9(14)6-11(17)18/h2-5,9H,6-7,14H2,1H3. The smallest absolute Gasteiger partial charge is 0.325 e. The third-order valence-electron chi connectivity index (χ3n) is 3.14. The van der Waals surface area contributed by atoms with Gasteiger partial charge in [0.05, 0.1) is 7.11 Å². The molecule has 0 aliphatic carbocycles. The van der Waals surface area contributed by atoms with Gasteiger partial charge in [-0.2, -0.15) is 0 Å². The number of hydrogen-bond acceptors (Lipinski definition) is 6. The molecule has 1 aromatic heterocycles. The second-order valence-corrected chi connectivity index (χ2v) is 4.59. The highest BCUT2D eigenvalue weighted by molar-refractivity contribution is 5.94. The van der Waals surface area contributed by atoms with Crippen LogP contribution in [0.2, 0.25) is 0 Å². The first-order valence-corrected chi connectivity index (χ1v) is 6.21. The van der Waals surface area contributed by atoms with Crippen LogP contribution >= 0.6 is 0 Å². The minimum absolute atomic E-state index is 0.0950. The van der Waals surface area contributed by atoms with Gasteiger partial charge in [-0.05, 0) is 24.3 Å². The maximum atomic E-state index is 11.7. The Morgan fingerprint density at radius 1 is 1.35 bits per heavy atom. The van der Waals surface area contributed by atoms with E-state index < -0.39 is 0 Å². The van der Waals surface area contributed by atoms with Gasteiger partial charge in [-0.1, -0.05) is 5.10 Å². The number of nitrogens with zero attached hydrogens (tertiary/aromatic N) is 3. The second-order valence-electron chi connectivity index (χ2n) is 4.59. The monoisotopic (exact) mass is 274 g/mol. The highest BCUT2D eigenvalue weighted by Crippen LogP contribution is 2.25. The molecule has 0 saturated carbocycles. The molecular formula is C13H14N4O3. The Morgan fingerprint density at radius 3 is 2.70 bits per heavy atom. The zero-order chi connectivity index (χ0) is 14.1. The molecule has 1 saturated heterocycles. The molecule has 2 heterocycles. The highest BCUT2D eigenvalue weighted by Gasteiger charge is 2.31. The van der Waals surface area contributed by atoms with E-state index >= 15 is 0 Å². The number of carbonyl (C=O) groups excluding carboxylic acids is 1. The lowest BCUT2D eigenvalue weighted by atomic mass is 10.2. The maximum Gasteiger partial charge on any atom is 0.325 e. The summed E-state index contributed by atoms with van der Waals surface area (Å²) in [7, 11) is 1.60. The summed E-state index contributed by atoms with van der Waals surface area (Å²) in [6.07, 6.45) is 0.306. The normalized spacial score (nSPS) is 18.6. The first-order valence-electron chi connectivity index (χ1n) is 6.21. The second kappa shape index (κ2) is 4.93. The van der Waals surface area contributed by atoms with E-state index in [1.165, 1.54) is 4.90 Å². The topological polar surface area (TPSA) is 94.5 Å². The summed E-state index contributed by atoms with van der Waals surface area (Å²) < 4.78 is 10.6. The molecule has 1 fully saturated rings. The Labute approximate surface area is 115 Å². The molecule has 1 aliphatic heterocycles. The molecule has 2 aromatic rings. The fraction of sp³-hybridized carbons (Fsp3) is 0.308. The van der Waals surface area contributed by atoms with Crippen molar-refractivity contribution in [2.45, 2.75) is 12.5 Å². The van der Waals surface area contributed by atoms with Gasteiger partial charge in [0, 0.05) is 24.6 Å². The van der Waals surface area contributed by atoms with Gasteiger partial charge in [-0.15, -0.1) is 5.10 Å². The number of methoxy groups -OCH3 is 1. The first kappa shape index (κ1) is 12.6. The fourth-order valence-corrected chi connectivity index (χ4v) is 2.09. The van der Waals surface area contributed by atoms with Crippen molar-refractivity contribution in [3.05, 3.63) is 24.3 Å². The van der Waals surface area contributed by atoms with Gasteiger partial charge < -0.3 is 14.9 Å². The molecule has 1 aliphatic rings. The fourth-order valence-electron chi connectivity index (χ4n) is 2.09. The number of amides is 1. The summed E-state index contributed by atoms with van der Waals surface area (Å²) in [6.45, 7) is 0.406. The van der Waals surface area contributed by atoms with Crippen molar-refractivity contribution in [1.29, 1.82) is 0 Å². The van der Waals surface area contributed by atoms with E-state index in [0.29, 0.717) is 18.9 Å². The summed E-state index contributed by atoms with van der Waals surface area (Å²) in [5.41, 5.74) is 6.50. The van der Waals surface area contributed by atoms with Crippen molar-refractivity contribution in [3.8, 4) is 17.2 Å². The molecule has 104 valence electrons. The number of aromatic nitrogens is 2. The summed E-state index contributed by atoms with van der Waals surface area (Å²) in [4.78, 5) is 13.1. The molecule has 7 heteroatoms. The van der Waals surface area contributed by atoms with E-state index in [1.54, 1.807) is 19.2 Å². The van der Waals surface area contributed by atoms with Crippen LogP contribution in [-0.2, 0) is 4.79 Å². The number of carbonyl (C=O) groups is 1. The van der Waals surface area contributed by atoms with Crippen LogP contribution in [0.5, 0.6) is 5.75 Å². The molecule has 7 nitrogen and oxygen atoms in total. The van der Waals surface area contributed by atoms with E-state index in [9.17, 15) is 4.79 Å². The lowest BCUT2D eigenvalue weighted by molar-refractivity contribution is -0.117. The Morgan fingerprint density at radius 2 is 2.10 bits per heavy atom. The molecule has 0 bridgehead atoms. The average Bonchev–Trinajstić information content (AvgIpc) is 3.05. The van der Waals surface area contributed by atoms with Gasteiger partial charge in [-0.3, -0.25) is 9.69 Å². The summed E-state index contributed by atoms with van der Waals surface area (Å²) >= 11 is 0. The highest BCUT2D eigenvalue weighted by atomic mass is 16.5. The van der Waals surface area contributed by atoms with E-state index in [-0.39, 0.29) is 18.0 Å². The Hall–Kier alpha value is -2.41. The van der Waals surface area contributed by atoms with Crippen molar-refractivity contribution >= 4 is 11.9 Å². The van der Waals surface area contributed by atoms with Crippen LogP contribution in [0, 0.1) is 0 Å². The van der Waals surface area contributed by atoms with Crippen LogP contribution < -0.4 is 15.4 Å². The molecule has 1 amide bonds. The van der Waals surface area contributed by atoms with Crippen LogP contribution in [-0.4, -0.2) is 35.8 Å². The lowest BCUT2D eigenvalue weighted by Gasteiger charge is -2.08. The predicted molar refractivity (Wildman–Crippen MR) is 71.2 cm³/mol. The van der Waals surface area contributed by atoms with Gasteiger partial charge in [0.15, 0.2) is 0 Å². The third-order valence-corrected chi connectivity index (χ3v) is 3.14. The molecule has 3 rings (SSSR count). The van der Waals surface area contributed by atoms with E-state index in [0.717, 1.165) is 11.3 Å². The molecular weight excluding hydrogens is 260 g/mol. The number of anilines is 1. The van der Waals surface area contributed by atoms with Crippen molar-refractivity contribution < 1.29 is 13.9 Å². The first-order chi connectivity index (χ1) is 9.67. The van der Waals surface area contributed by atoms with Gasteiger partial charge in [0.1, 0.15) is 5.75 Å². The molecule has 20 heavy (non-hydrogen) atoms. The number of hydrogen-bond donors (Lipinski definition) is 1. The lowest BCUT2D eigenvalue weighted by Crippen LogP contribution is -2.28. The minimum Gasteiger partial charge on any atom is -0.497 e. The van der Waals surface area contributed by atoms with E-state index in [1.807, 2.05) is 12.1 Å². The van der Waals surface area contributed by atoms with Crippen molar-refractivity contribution in [3.63, 3.8) is 0 Å². The summed E-state index contributed by atoms with van der Waals surface area (Å²) in [5.74, 6) is 1.01. The van der Waals surface area contributed by atoms with Crippen LogP contribution in [0.4, 0.5) is 6.01 Å². The molecule has 1 aromatic carbocycles. The van der Waals surface area contributed by atoms with Crippen LogP contribution in [0.15, 0.2) is 28.7 Å².